The van der Waals surface area contributed by atoms with E-state index in [9.17, 15) is 9.59 Å². The first-order valence-electron chi connectivity index (χ1n) is 26.2. The van der Waals surface area contributed by atoms with E-state index in [1.54, 1.807) is 0 Å². The van der Waals surface area contributed by atoms with Crippen LogP contribution in [0.5, 0.6) is 0 Å². The van der Waals surface area contributed by atoms with E-state index in [0.717, 1.165) is 32.1 Å². The van der Waals surface area contributed by atoms with Crippen LogP contribution in [0.1, 0.15) is 290 Å². The summed E-state index contributed by atoms with van der Waals surface area (Å²) in [5.41, 5.74) is -1.10. The summed E-state index contributed by atoms with van der Waals surface area (Å²) in [6.45, 7) is 5.46. The maximum absolute atomic E-state index is 13.2. The van der Waals surface area contributed by atoms with Gasteiger partial charge < -0.3 is 14.2 Å². The fourth-order valence-electron chi connectivity index (χ4n) is 9.45. The summed E-state index contributed by atoms with van der Waals surface area (Å²) in [5, 5.41) is 0. The van der Waals surface area contributed by atoms with Gasteiger partial charge in [-0.25, -0.2) is 4.79 Å². The maximum Gasteiger partial charge on any atom is 0.339 e. The van der Waals surface area contributed by atoms with Crippen molar-refractivity contribution < 1.29 is 23.8 Å². The van der Waals surface area contributed by atoms with Gasteiger partial charge >= 0.3 is 11.9 Å². The Labute approximate surface area is 355 Å². The van der Waals surface area contributed by atoms with Crippen molar-refractivity contribution >= 4 is 11.9 Å². The van der Waals surface area contributed by atoms with Gasteiger partial charge in [-0.1, -0.05) is 258 Å². The topological polar surface area (TPSA) is 61.8 Å². The third-order valence-corrected chi connectivity index (χ3v) is 13.4. The van der Waals surface area contributed by atoms with Crippen LogP contribution in [0.15, 0.2) is 0 Å². The average Bonchev–Trinajstić information content (AvgIpc) is 3.21. The number of esters is 2. The van der Waals surface area contributed by atoms with Crippen molar-refractivity contribution in [2.75, 3.05) is 13.2 Å². The van der Waals surface area contributed by atoms with Gasteiger partial charge in [0, 0.05) is 6.42 Å². The molecule has 336 valence electrons. The van der Waals surface area contributed by atoms with Crippen LogP contribution in [0.25, 0.3) is 0 Å². The van der Waals surface area contributed by atoms with Gasteiger partial charge in [0.05, 0.1) is 25.2 Å². The van der Waals surface area contributed by atoms with Crippen LogP contribution in [0.2, 0.25) is 0 Å². The predicted octanol–water partition coefficient (Wildman–Crippen LogP) is 16.7. The Hall–Kier alpha value is -1.10. The Balaban J connectivity index is 1.35. The summed E-state index contributed by atoms with van der Waals surface area (Å²) < 4.78 is 17.5. The molecule has 0 radical (unpaired) electrons. The minimum atomic E-state index is -1.10. The molecule has 0 aromatic rings. The van der Waals surface area contributed by atoms with E-state index in [1.165, 1.54) is 231 Å². The third-order valence-electron chi connectivity index (χ3n) is 13.4. The molecule has 5 nitrogen and oxygen atoms in total. The van der Waals surface area contributed by atoms with Crippen LogP contribution in [0, 0.1) is 5.92 Å². The van der Waals surface area contributed by atoms with Crippen LogP contribution in [-0.4, -0.2) is 36.9 Å². The molecule has 2 aliphatic heterocycles. The van der Waals surface area contributed by atoms with Crippen LogP contribution >= 0.6 is 0 Å². The van der Waals surface area contributed by atoms with Gasteiger partial charge in [0.2, 0.25) is 0 Å². The lowest BCUT2D eigenvalue weighted by molar-refractivity contribution is -0.268. The quantitative estimate of drug-likeness (QED) is 0.0453. The molecular formula is C52H98O5. The van der Waals surface area contributed by atoms with E-state index in [4.69, 9.17) is 14.2 Å². The van der Waals surface area contributed by atoms with Gasteiger partial charge in [-0.15, -0.1) is 0 Å². The van der Waals surface area contributed by atoms with Crippen LogP contribution in [0.3, 0.4) is 0 Å². The number of hydrogen-bond acceptors (Lipinski definition) is 5. The van der Waals surface area contributed by atoms with Crippen LogP contribution in [0.4, 0.5) is 0 Å². The molecule has 3 rings (SSSR count). The van der Waals surface area contributed by atoms with E-state index in [0.29, 0.717) is 26.1 Å². The van der Waals surface area contributed by atoms with Crippen molar-refractivity contribution in [1.82, 2.24) is 0 Å². The number of unbranched alkanes of at least 4 members (excludes halogenated alkanes) is 38. The van der Waals surface area contributed by atoms with E-state index in [-0.39, 0.29) is 18.0 Å². The SMILES string of the molecule is CCCCCCCCCCCCCCCCCCCCCCOC(=O)C1CCC2CC1(C(=O)OCCCCCCCCCCCCCCCCCCCCCC)O2. The summed E-state index contributed by atoms with van der Waals surface area (Å²) in [6.07, 6.45) is 56.3. The van der Waals surface area contributed by atoms with Gasteiger partial charge in [0.25, 0.3) is 0 Å². The molecule has 3 unspecified atom stereocenters. The lowest BCUT2D eigenvalue weighted by Gasteiger charge is -2.53. The van der Waals surface area contributed by atoms with E-state index in [2.05, 4.69) is 13.8 Å². The Morgan fingerprint density at radius 2 is 0.667 bits per heavy atom. The number of ether oxygens (including phenoxy) is 3. The predicted molar refractivity (Wildman–Crippen MR) is 243 cm³/mol. The van der Waals surface area contributed by atoms with Crippen molar-refractivity contribution in [1.29, 1.82) is 0 Å². The molecule has 3 fully saturated rings. The Morgan fingerprint density at radius 1 is 0.404 bits per heavy atom. The first-order chi connectivity index (χ1) is 28.1. The fraction of sp³-hybridized carbons (Fsp3) is 0.962. The van der Waals surface area contributed by atoms with E-state index in [1.807, 2.05) is 0 Å². The van der Waals surface area contributed by atoms with Gasteiger partial charge in [0.1, 0.15) is 0 Å². The van der Waals surface area contributed by atoms with Crippen molar-refractivity contribution in [3.8, 4) is 0 Å². The highest BCUT2D eigenvalue weighted by Gasteiger charge is 2.63. The van der Waals surface area contributed by atoms with E-state index >= 15 is 0 Å². The van der Waals surface area contributed by atoms with E-state index < -0.39 is 11.5 Å². The fourth-order valence-corrected chi connectivity index (χ4v) is 9.45. The molecule has 2 saturated heterocycles. The van der Waals surface area contributed by atoms with Gasteiger partial charge in [0.15, 0.2) is 5.60 Å². The molecule has 0 aromatic heterocycles. The highest BCUT2D eigenvalue weighted by molar-refractivity contribution is 5.89. The number of fused-ring (bicyclic) bond motifs is 2. The normalized spacial score (nSPS) is 18.8. The second-order valence-corrected chi connectivity index (χ2v) is 18.7. The van der Waals surface area contributed by atoms with Crippen LogP contribution in [-0.2, 0) is 23.8 Å². The Morgan fingerprint density at radius 3 is 0.965 bits per heavy atom. The van der Waals surface area contributed by atoms with Crippen molar-refractivity contribution in [3.05, 3.63) is 0 Å². The molecule has 0 spiro atoms. The summed E-state index contributed by atoms with van der Waals surface area (Å²) in [5.74, 6) is -1.12. The lowest BCUT2D eigenvalue weighted by Crippen LogP contribution is -2.66. The van der Waals surface area contributed by atoms with Gasteiger partial charge in [-0.05, 0) is 25.7 Å². The van der Waals surface area contributed by atoms with Crippen molar-refractivity contribution in [3.63, 3.8) is 0 Å². The molecule has 0 aromatic carbocycles. The first-order valence-corrected chi connectivity index (χ1v) is 26.2. The highest BCUT2D eigenvalue weighted by atomic mass is 16.6. The lowest BCUT2D eigenvalue weighted by atomic mass is 9.69. The summed E-state index contributed by atoms with van der Waals surface area (Å²) >= 11 is 0. The average molecular weight is 803 g/mol. The second-order valence-electron chi connectivity index (χ2n) is 18.7. The van der Waals surface area contributed by atoms with Crippen LogP contribution < -0.4 is 0 Å². The molecule has 2 bridgehead atoms. The molecule has 1 saturated carbocycles. The minimum absolute atomic E-state index is 0.0888. The molecule has 0 N–H and O–H groups in total. The zero-order valence-corrected chi connectivity index (χ0v) is 38.5. The minimum Gasteiger partial charge on any atom is -0.465 e. The Bertz CT molecular complexity index is 897. The second kappa shape index (κ2) is 37.9. The molecule has 0 amide bonds. The molecule has 3 aliphatic rings. The molecule has 2 heterocycles. The molecule has 1 aliphatic carbocycles. The maximum atomic E-state index is 13.2. The van der Waals surface area contributed by atoms with Crippen molar-refractivity contribution in [2.45, 2.75) is 302 Å². The third kappa shape index (κ3) is 26.7. The summed E-state index contributed by atoms with van der Waals surface area (Å²) in [4.78, 5) is 26.3. The monoisotopic (exact) mass is 803 g/mol. The molecule has 5 heteroatoms. The van der Waals surface area contributed by atoms with Gasteiger partial charge in [-0.3, -0.25) is 4.79 Å². The number of hydrogen-bond donors (Lipinski definition) is 0. The molecule has 57 heavy (non-hydrogen) atoms. The Kier molecular flexibility index (Phi) is 34.6. The smallest absolute Gasteiger partial charge is 0.339 e. The summed E-state index contributed by atoms with van der Waals surface area (Å²) in [7, 11) is 0. The van der Waals surface area contributed by atoms with Gasteiger partial charge in [-0.2, -0.15) is 0 Å². The first kappa shape index (κ1) is 52.0. The number of rotatable bonds is 44. The van der Waals surface area contributed by atoms with Crippen molar-refractivity contribution in [2.24, 2.45) is 5.92 Å². The zero-order chi connectivity index (χ0) is 40.8. The number of carbonyl (C=O) groups excluding carboxylic acids is 2. The largest absolute Gasteiger partial charge is 0.465 e. The zero-order valence-electron chi connectivity index (χ0n) is 38.5. The number of carbonyl (C=O) groups is 2. The highest BCUT2D eigenvalue weighted by Crippen LogP contribution is 2.49. The standard InChI is InChI=1S/C52H98O5/c1-3-5-7-9-11-13-15-17-19-21-23-25-27-29-31-33-35-37-39-41-45-55-50(53)49-44-43-48-47-52(49,57-48)51(54)56-46-42-40-38-36-34-32-30-28-26-24-22-20-18-16-14-12-10-8-6-4-2/h48-49H,3-47H2,1-2H3. The summed E-state index contributed by atoms with van der Waals surface area (Å²) in [6, 6.07) is 0. The molecule has 3 atom stereocenters. The molecular weight excluding hydrogens is 705 g/mol.